The van der Waals surface area contributed by atoms with E-state index in [2.05, 4.69) is 15.2 Å². The van der Waals surface area contributed by atoms with Crippen molar-refractivity contribution in [3.05, 3.63) is 83.7 Å². The van der Waals surface area contributed by atoms with E-state index in [9.17, 15) is 4.79 Å². The largest absolute Gasteiger partial charge is 0.497 e. The fourth-order valence-electron chi connectivity index (χ4n) is 3.14. The van der Waals surface area contributed by atoms with Crippen LogP contribution >= 0.6 is 11.8 Å². The Hall–Kier alpha value is -3.45. The number of carbonyl (C=O) groups is 1. The minimum atomic E-state index is 0.0582. The molecule has 2 heterocycles. The Balaban J connectivity index is 1.66. The number of carbonyl (C=O) groups excluding carboxylic acids is 1. The predicted molar refractivity (Wildman–Crippen MR) is 122 cm³/mol. The second kappa shape index (κ2) is 9.14. The van der Waals surface area contributed by atoms with Crippen molar-refractivity contribution < 1.29 is 9.53 Å². The molecule has 0 unspecified atom stereocenters. The third-order valence-electron chi connectivity index (χ3n) is 5.06. The van der Waals surface area contributed by atoms with E-state index in [-0.39, 0.29) is 11.5 Å². The fourth-order valence-corrected chi connectivity index (χ4v) is 3.99. The van der Waals surface area contributed by atoms with E-state index in [4.69, 9.17) is 4.74 Å². The van der Waals surface area contributed by atoms with Gasteiger partial charge in [-0.15, -0.1) is 10.2 Å². The van der Waals surface area contributed by atoms with Crippen molar-refractivity contribution >= 4 is 17.5 Å². The number of pyridine rings is 1. The van der Waals surface area contributed by atoms with Crippen LogP contribution in [-0.2, 0) is 0 Å². The molecule has 0 fully saturated rings. The maximum atomic E-state index is 12.8. The maximum absolute atomic E-state index is 12.8. The standard InChI is InChI=1S/C24H22N4O2S/c1-16-4-5-19(14-17(16)2)22(29)15-31-24-27-26-23(18-10-12-25-13-11-18)28(24)20-6-8-21(30-3)9-7-20/h4-14H,15H2,1-3H3. The number of aryl methyl sites for hydroxylation is 2. The topological polar surface area (TPSA) is 69.9 Å². The number of methoxy groups -OCH3 is 1. The Morgan fingerprint density at radius 2 is 1.71 bits per heavy atom. The van der Waals surface area contributed by atoms with E-state index in [0.717, 1.165) is 22.6 Å². The average Bonchev–Trinajstić information content (AvgIpc) is 3.24. The van der Waals surface area contributed by atoms with Crippen LogP contribution in [0.15, 0.2) is 72.1 Å². The molecular formula is C24H22N4O2S. The first-order chi connectivity index (χ1) is 15.1. The second-order valence-corrected chi connectivity index (χ2v) is 8.03. The molecule has 0 N–H and O–H groups in total. The summed E-state index contributed by atoms with van der Waals surface area (Å²) in [5.74, 6) is 1.78. The summed E-state index contributed by atoms with van der Waals surface area (Å²) in [5.41, 5.74) is 4.77. The van der Waals surface area contributed by atoms with Gasteiger partial charge in [-0.05, 0) is 67.4 Å². The van der Waals surface area contributed by atoms with Crippen LogP contribution in [0.1, 0.15) is 21.5 Å². The van der Waals surface area contributed by atoms with Gasteiger partial charge >= 0.3 is 0 Å². The van der Waals surface area contributed by atoms with Gasteiger partial charge in [-0.1, -0.05) is 23.9 Å². The van der Waals surface area contributed by atoms with Gasteiger partial charge in [-0.2, -0.15) is 0 Å². The molecule has 31 heavy (non-hydrogen) atoms. The summed E-state index contributed by atoms with van der Waals surface area (Å²) in [7, 11) is 1.63. The van der Waals surface area contributed by atoms with Crippen LogP contribution in [0.2, 0.25) is 0 Å². The normalized spacial score (nSPS) is 10.8. The van der Waals surface area contributed by atoms with Crippen LogP contribution in [0, 0.1) is 13.8 Å². The smallest absolute Gasteiger partial charge is 0.196 e. The molecule has 2 aromatic heterocycles. The maximum Gasteiger partial charge on any atom is 0.196 e. The minimum Gasteiger partial charge on any atom is -0.497 e. The molecule has 0 bridgehead atoms. The number of nitrogens with zero attached hydrogens (tertiary/aromatic N) is 4. The summed E-state index contributed by atoms with van der Waals surface area (Å²) in [6.45, 7) is 4.05. The highest BCUT2D eigenvalue weighted by Gasteiger charge is 2.18. The number of thioether (sulfide) groups is 1. The summed E-state index contributed by atoms with van der Waals surface area (Å²) in [6.07, 6.45) is 3.44. The molecule has 0 atom stereocenters. The number of rotatable bonds is 7. The number of benzene rings is 2. The van der Waals surface area contributed by atoms with Crippen LogP contribution in [0.4, 0.5) is 0 Å². The van der Waals surface area contributed by atoms with Gasteiger partial charge in [0.1, 0.15) is 5.75 Å². The van der Waals surface area contributed by atoms with Crippen LogP contribution in [-0.4, -0.2) is 38.4 Å². The average molecular weight is 431 g/mol. The highest BCUT2D eigenvalue weighted by atomic mass is 32.2. The zero-order chi connectivity index (χ0) is 21.8. The number of ketones is 1. The van der Waals surface area contributed by atoms with Crippen molar-refractivity contribution in [1.82, 2.24) is 19.7 Å². The molecule has 6 nitrogen and oxygen atoms in total. The zero-order valence-corrected chi connectivity index (χ0v) is 18.4. The van der Waals surface area contributed by atoms with Gasteiger partial charge in [0.2, 0.25) is 0 Å². The predicted octanol–water partition coefficient (Wildman–Crippen LogP) is 4.93. The fraction of sp³-hybridized carbons (Fsp3) is 0.167. The van der Waals surface area contributed by atoms with Crippen LogP contribution in [0.25, 0.3) is 17.1 Å². The molecule has 4 rings (SSSR count). The number of Topliss-reactive ketones (excluding diaryl/α,β-unsaturated/α-hetero) is 1. The Morgan fingerprint density at radius 3 is 2.39 bits per heavy atom. The summed E-state index contributed by atoms with van der Waals surface area (Å²) < 4.78 is 7.23. The molecule has 156 valence electrons. The molecule has 0 aliphatic carbocycles. The molecule has 0 amide bonds. The van der Waals surface area contributed by atoms with Crippen molar-refractivity contribution in [2.45, 2.75) is 19.0 Å². The minimum absolute atomic E-state index is 0.0582. The molecular weight excluding hydrogens is 408 g/mol. The third kappa shape index (κ3) is 4.51. The molecule has 4 aromatic rings. The highest BCUT2D eigenvalue weighted by molar-refractivity contribution is 7.99. The second-order valence-electron chi connectivity index (χ2n) is 7.09. The van der Waals surface area contributed by atoms with Gasteiger partial charge < -0.3 is 4.74 Å². The molecule has 0 spiro atoms. The van der Waals surface area contributed by atoms with Crippen molar-refractivity contribution in [1.29, 1.82) is 0 Å². The summed E-state index contributed by atoms with van der Waals surface area (Å²) in [5, 5.41) is 9.43. The summed E-state index contributed by atoms with van der Waals surface area (Å²) in [4.78, 5) is 16.9. The van der Waals surface area contributed by atoms with E-state index < -0.39 is 0 Å². The van der Waals surface area contributed by atoms with Gasteiger partial charge in [0.15, 0.2) is 16.8 Å². The SMILES string of the molecule is COc1ccc(-n2c(SCC(=O)c3ccc(C)c(C)c3)nnc2-c2ccncc2)cc1. The van der Waals surface area contributed by atoms with Gasteiger partial charge in [-0.25, -0.2) is 0 Å². The van der Waals surface area contributed by atoms with Crippen LogP contribution in [0.3, 0.4) is 0 Å². The molecule has 0 radical (unpaired) electrons. The number of hydrogen-bond donors (Lipinski definition) is 0. The van der Waals surface area contributed by atoms with Crippen molar-refractivity contribution in [2.24, 2.45) is 0 Å². The highest BCUT2D eigenvalue weighted by Crippen LogP contribution is 2.29. The molecule has 0 saturated heterocycles. The Morgan fingerprint density at radius 1 is 0.968 bits per heavy atom. The Labute approximate surface area is 185 Å². The zero-order valence-electron chi connectivity index (χ0n) is 17.6. The monoisotopic (exact) mass is 430 g/mol. The van der Waals surface area contributed by atoms with Crippen molar-refractivity contribution in [2.75, 3.05) is 12.9 Å². The lowest BCUT2D eigenvalue weighted by molar-refractivity contribution is 0.102. The first kappa shape index (κ1) is 20.8. The summed E-state index contributed by atoms with van der Waals surface area (Å²) >= 11 is 1.37. The van der Waals surface area contributed by atoms with E-state index in [0.29, 0.717) is 16.5 Å². The first-order valence-corrected chi connectivity index (χ1v) is 10.8. The number of hydrogen-bond acceptors (Lipinski definition) is 6. The number of ether oxygens (including phenoxy) is 1. The van der Waals surface area contributed by atoms with Gasteiger partial charge in [0.25, 0.3) is 0 Å². The molecule has 2 aromatic carbocycles. The Kier molecular flexibility index (Phi) is 6.13. The summed E-state index contributed by atoms with van der Waals surface area (Å²) in [6, 6.07) is 17.2. The Bertz CT molecular complexity index is 1200. The molecule has 7 heteroatoms. The van der Waals surface area contributed by atoms with Gasteiger partial charge in [0, 0.05) is 29.2 Å². The lowest BCUT2D eigenvalue weighted by atomic mass is 10.0. The van der Waals surface area contributed by atoms with E-state index in [1.54, 1.807) is 19.5 Å². The molecule has 0 saturated carbocycles. The van der Waals surface area contributed by atoms with Crippen molar-refractivity contribution in [3.63, 3.8) is 0 Å². The molecule has 0 aliphatic heterocycles. The molecule has 0 aliphatic rings. The van der Waals surface area contributed by atoms with E-state index >= 15 is 0 Å². The van der Waals surface area contributed by atoms with Gasteiger partial charge in [0.05, 0.1) is 12.9 Å². The van der Waals surface area contributed by atoms with Crippen LogP contribution < -0.4 is 4.74 Å². The lowest BCUT2D eigenvalue weighted by Crippen LogP contribution is -2.05. The third-order valence-corrected chi connectivity index (χ3v) is 5.99. The van der Waals surface area contributed by atoms with Crippen LogP contribution in [0.5, 0.6) is 5.75 Å². The van der Waals surface area contributed by atoms with Crippen molar-refractivity contribution in [3.8, 4) is 22.8 Å². The van der Waals surface area contributed by atoms with E-state index in [1.807, 2.05) is 73.0 Å². The first-order valence-electron chi connectivity index (χ1n) is 9.80. The number of aromatic nitrogens is 4. The quantitative estimate of drug-likeness (QED) is 0.306. The lowest BCUT2D eigenvalue weighted by Gasteiger charge is -2.11. The van der Waals surface area contributed by atoms with E-state index in [1.165, 1.54) is 17.3 Å². The van der Waals surface area contributed by atoms with Gasteiger partial charge in [-0.3, -0.25) is 14.3 Å².